The van der Waals surface area contributed by atoms with Gasteiger partial charge in [-0.05, 0) is 32.7 Å². The fraction of sp³-hybridized carbons (Fsp3) is 0.938. The van der Waals surface area contributed by atoms with Gasteiger partial charge in [-0.15, -0.1) is 0 Å². The number of hydrogen-bond acceptors (Lipinski definition) is 4. The Morgan fingerprint density at radius 3 is 2.52 bits per heavy atom. The fourth-order valence-corrected chi connectivity index (χ4v) is 2.20. The molecule has 3 N–H and O–H groups in total. The monoisotopic (exact) mass is 302 g/mol. The predicted molar refractivity (Wildman–Crippen MR) is 86.5 cm³/mol. The number of ether oxygens (including phenoxy) is 1. The second-order valence-electron chi connectivity index (χ2n) is 5.66. The van der Waals surface area contributed by atoms with Crippen molar-refractivity contribution in [3.63, 3.8) is 0 Å². The van der Waals surface area contributed by atoms with Crippen LogP contribution < -0.4 is 10.6 Å². The zero-order valence-electron chi connectivity index (χ0n) is 14.0. The van der Waals surface area contributed by atoms with E-state index in [2.05, 4.69) is 24.5 Å². The summed E-state index contributed by atoms with van der Waals surface area (Å²) in [5.74, 6) is 0. The Bertz CT molecular complexity index is 248. The lowest BCUT2D eigenvalue weighted by atomic mass is 10.0. The average molecular weight is 302 g/mol. The number of carbonyl (C=O) groups is 1. The zero-order valence-corrected chi connectivity index (χ0v) is 14.0. The topological polar surface area (TPSA) is 70.6 Å². The van der Waals surface area contributed by atoms with Crippen LogP contribution in [-0.4, -0.2) is 43.0 Å². The lowest BCUT2D eigenvalue weighted by Gasteiger charge is -2.20. The van der Waals surface area contributed by atoms with Gasteiger partial charge in [0.2, 0.25) is 0 Å². The third-order valence-corrected chi connectivity index (χ3v) is 3.29. The molecule has 0 aromatic carbocycles. The number of aliphatic hydroxyl groups is 1. The lowest BCUT2D eigenvalue weighted by Crippen LogP contribution is -2.38. The molecule has 2 atom stereocenters. The molecule has 0 aliphatic heterocycles. The predicted octanol–water partition coefficient (Wildman–Crippen LogP) is 2.82. The molecule has 21 heavy (non-hydrogen) atoms. The number of hydrogen-bond donors (Lipinski definition) is 3. The van der Waals surface area contributed by atoms with Gasteiger partial charge in [0.05, 0.1) is 6.10 Å². The Balaban J connectivity index is 3.87. The van der Waals surface area contributed by atoms with Crippen LogP contribution in [0.5, 0.6) is 0 Å². The number of carbonyl (C=O) groups excluding carboxylic acids is 1. The Labute approximate surface area is 129 Å². The van der Waals surface area contributed by atoms with E-state index in [9.17, 15) is 9.90 Å². The Kier molecular flexibility index (Phi) is 13.6. The highest BCUT2D eigenvalue weighted by atomic mass is 16.5. The number of alkyl carbamates (subject to hydrolysis) is 1. The molecule has 0 heterocycles. The van der Waals surface area contributed by atoms with Crippen LogP contribution in [0.2, 0.25) is 0 Å². The summed E-state index contributed by atoms with van der Waals surface area (Å²) in [5, 5.41) is 15.6. The van der Waals surface area contributed by atoms with Crippen molar-refractivity contribution in [2.75, 3.05) is 19.7 Å². The number of amides is 1. The van der Waals surface area contributed by atoms with Crippen molar-refractivity contribution in [1.82, 2.24) is 10.6 Å². The maximum Gasteiger partial charge on any atom is 0.407 e. The Morgan fingerprint density at radius 1 is 1.14 bits per heavy atom. The van der Waals surface area contributed by atoms with Crippen LogP contribution in [0.25, 0.3) is 0 Å². The molecule has 0 aliphatic carbocycles. The molecule has 0 bridgehead atoms. The van der Waals surface area contributed by atoms with Gasteiger partial charge >= 0.3 is 6.09 Å². The quantitative estimate of drug-likeness (QED) is 0.458. The third kappa shape index (κ3) is 13.9. The normalized spacial score (nSPS) is 13.7. The molecular weight excluding hydrogens is 268 g/mol. The van der Waals surface area contributed by atoms with E-state index in [0.29, 0.717) is 19.6 Å². The van der Waals surface area contributed by atoms with Gasteiger partial charge in [0.25, 0.3) is 0 Å². The first-order chi connectivity index (χ1) is 10.1. The summed E-state index contributed by atoms with van der Waals surface area (Å²) < 4.78 is 5.13. The number of aliphatic hydroxyl groups excluding tert-OH is 1. The summed E-state index contributed by atoms with van der Waals surface area (Å²) in [4.78, 5) is 11.7. The molecule has 0 fully saturated rings. The molecule has 5 nitrogen and oxygen atoms in total. The molecule has 0 radical (unpaired) electrons. The number of rotatable bonds is 13. The van der Waals surface area contributed by atoms with Crippen LogP contribution in [0, 0.1) is 0 Å². The first-order valence-corrected chi connectivity index (χ1v) is 8.42. The van der Waals surface area contributed by atoms with Gasteiger partial charge in [-0.3, -0.25) is 0 Å². The van der Waals surface area contributed by atoms with Crippen molar-refractivity contribution in [2.24, 2.45) is 0 Å². The molecule has 0 aromatic heterocycles. The van der Waals surface area contributed by atoms with E-state index in [4.69, 9.17) is 4.74 Å². The van der Waals surface area contributed by atoms with E-state index >= 15 is 0 Å². The summed E-state index contributed by atoms with van der Waals surface area (Å²) >= 11 is 0. The highest BCUT2D eigenvalue weighted by Crippen LogP contribution is 2.10. The summed E-state index contributed by atoms with van der Waals surface area (Å²) in [7, 11) is 0. The molecule has 1 amide bonds. The maximum atomic E-state index is 11.7. The van der Waals surface area contributed by atoms with Gasteiger partial charge in [0, 0.05) is 12.6 Å². The summed E-state index contributed by atoms with van der Waals surface area (Å²) in [6.07, 6.45) is 6.41. The minimum Gasteiger partial charge on any atom is -0.448 e. The first kappa shape index (κ1) is 20.2. The highest BCUT2D eigenvalue weighted by Gasteiger charge is 2.15. The molecule has 0 aliphatic rings. The minimum atomic E-state index is -0.410. The molecule has 126 valence electrons. The second kappa shape index (κ2) is 14.1. The molecule has 0 saturated carbocycles. The number of nitrogens with one attached hydrogen (secondary N) is 2. The van der Waals surface area contributed by atoms with Gasteiger partial charge in [0.1, 0.15) is 6.61 Å². The van der Waals surface area contributed by atoms with E-state index in [-0.39, 0.29) is 12.1 Å². The molecule has 0 rings (SSSR count). The van der Waals surface area contributed by atoms with Crippen LogP contribution in [0.15, 0.2) is 0 Å². The summed E-state index contributed by atoms with van der Waals surface area (Å²) in [6, 6.07) is -0.00189. The molecule has 0 saturated heterocycles. The van der Waals surface area contributed by atoms with Crippen LogP contribution in [0.3, 0.4) is 0 Å². The minimum absolute atomic E-state index is 0.00189. The van der Waals surface area contributed by atoms with Crippen molar-refractivity contribution < 1.29 is 14.6 Å². The molecular formula is C16H34N2O3. The summed E-state index contributed by atoms with van der Waals surface area (Å²) in [6.45, 7) is 8.02. The SMILES string of the molecule is CCCCCCC(CC(C)O)NC(=O)OCCNCCC. The number of unbranched alkanes of at least 4 members (excludes halogenated alkanes) is 3. The van der Waals surface area contributed by atoms with Gasteiger partial charge < -0.3 is 20.5 Å². The third-order valence-electron chi connectivity index (χ3n) is 3.29. The van der Waals surface area contributed by atoms with E-state index in [1.165, 1.54) is 19.3 Å². The van der Waals surface area contributed by atoms with Crippen molar-refractivity contribution in [3.8, 4) is 0 Å². The van der Waals surface area contributed by atoms with Crippen molar-refractivity contribution in [3.05, 3.63) is 0 Å². The Morgan fingerprint density at radius 2 is 1.90 bits per heavy atom. The van der Waals surface area contributed by atoms with E-state index in [0.717, 1.165) is 25.8 Å². The first-order valence-electron chi connectivity index (χ1n) is 8.42. The smallest absolute Gasteiger partial charge is 0.407 e. The highest BCUT2D eigenvalue weighted by molar-refractivity contribution is 5.67. The Hall–Kier alpha value is -0.810. The van der Waals surface area contributed by atoms with E-state index in [1.54, 1.807) is 6.92 Å². The van der Waals surface area contributed by atoms with E-state index in [1.807, 2.05) is 0 Å². The van der Waals surface area contributed by atoms with E-state index < -0.39 is 6.10 Å². The van der Waals surface area contributed by atoms with Gasteiger partial charge in [-0.2, -0.15) is 0 Å². The zero-order chi connectivity index (χ0) is 15.9. The van der Waals surface area contributed by atoms with Crippen LogP contribution in [-0.2, 0) is 4.74 Å². The molecule has 5 heteroatoms. The maximum absolute atomic E-state index is 11.7. The van der Waals surface area contributed by atoms with Crippen LogP contribution in [0.1, 0.15) is 65.7 Å². The molecule has 0 spiro atoms. The van der Waals surface area contributed by atoms with Crippen molar-refractivity contribution in [1.29, 1.82) is 0 Å². The summed E-state index contributed by atoms with van der Waals surface area (Å²) in [5.41, 5.74) is 0. The molecule has 2 unspecified atom stereocenters. The van der Waals surface area contributed by atoms with Gasteiger partial charge in [-0.25, -0.2) is 4.79 Å². The lowest BCUT2D eigenvalue weighted by molar-refractivity contribution is 0.130. The van der Waals surface area contributed by atoms with Gasteiger partial charge in [0.15, 0.2) is 0 Å². The molecule has 0 aromatic rings. The van der Waals surface area contributed by atoms with Gasteiger partial charge in [-0.1, -0.05) is 39.5 Å². The largest absolute Gasteiger partial charge is 0.448 e. The van der Waals surface area contributed by atoms with Crippen molar-refractivity contribution in [2.45, 2.75) is 77.9 Å². The van der Waals surface area contributed by atoms with Crippen molar-refractivity contribution >= 4 is 6.09 Å². The standard InChI is InChI=1S/C16H34N2O3/c1-4-6-7-8-9-15(13-14(3)19)18-16(20)21-12-11-17-10-5-2/h14-15,17,19H,4-13H2,1-3H3,(H,18,20). The fourth-order valence-electron chi connectivity index (χ4n) is 2.20. The average Bonchev–Trinajstić information content (AvgIpc) is 2.42. The van der Waals surface area contributed by atoms with Crippen LogP contribution >= 0.6 is 0 Å². The second-order valence-corrected chi connectivity index (χ2v) is 5.66. The van der Waals surface area contributed by atoms with Crippen LogP contribution in [0.4, 0.5) is 4.79 Å².